The van der Waals surface area contributed by atoms with Crippen LogP contribution in [-0.4, -0.2) is 15.7 Å². The maximum absolute atomic E-state index is 5.95. The Labute approximate surface area is 65.0 Å². The van der Waals surface area contributed by atoms with Gasteiger partial charge in [-0.15, -0.1) is 0 Å². The van der Waals surface area contributed by atoms with Gasteiger partial charge in [-0.1, -0.05) is 0 Å². The van der Waals surface area contributed by atoms with Gasteiger partial charge in [0.15, 0.2) is 0 Å². The Morgan fingerprint density at radius 1 is 1.45 bits per heavy atom. The molecule has 58 valence electrons. The van der Waals surface area contributed by atoms with Crippen molar-refractivity contribution in [1.82, 2.24) is 10.2 Å². The molecule has 11 heavy (non-hydrogen) atoms. The second kappa shape index (κ2) is 1.37. The van der Waals surface area contributed by atoms with Crippen LogP contribution < -0.4 is 5.73 Å². The molecule has 0 spiro atoms. The first-order valence-corrected chi connectivity index (χ1v) is 4.01. The van der Waals surface area contributed by atoms with Crippen molar-refractivity contribution in [3.05, 3.63) is 18.0 Å². The molecule has 3 nitrogen and oxygen atoms in total. The fraction of sp³-hybridized carbons (Fsp3) is 0.625. The fourth-order valence-corrected chi connectivity index (χ4v) is 2.71. The Hall–Kier alpha value is -0.830. The highest BCUT2D eigenvalue weighted by Gasteiger charge is 2.66. The van der Waals surface area contributed by atoms with Gasteiger partial charge in [-0.05, 0) is 24.8 Å². The number of hydrogen-bond acceptors (Lipinski definition) is 2. The average molecular weight is 149 g/mol. The first-order chi connectivity index (χ1) is 5.23. The Balaban J connectivity index is 1.94. The third kappa shape index (κ3) is 0.518. The lowest BCUT2D eigenvalue weighted by molar-refractivity contribution is -0.0589. The summed E-state index contributed by atoms with van der Waals surface area (Å²) in [5, 5.41) is 6.80. The standard InChI is InChI=1S/C8H11N3/c9-8-3-7(4-8,5-8)6-1-10-11-2-6/h1-2H,3-5,9H2,(H,10,11). The van der Waals surface area contributed by atoms with Crippen LogP contribution >= 0.6 is 0 Å². The van der Waals surface area contributed by atoms with Crippen molar-refractivity contribution in [3.63, 3.8) is 0 Å². The zero-order valence-corrected chi connectivity index (χ0v) is 6.30. The highest BCUT2D eigenvalue weighted by atomic mass is 15.1. The van der Waals surface area contributed by atoms with E-state index in [1.807, 2.05) is 12.4 Å². The maximum atomic E-state index is 5.95. The summed E-state index contributed by atoms with van der Waals surface area (Å²) in [4.78, 5) is 0. The minimum absolute atomic E-state index is 0.206. The molecule has 3 heteroatoms. The third-order valence-corrected chi connectivity index (χ3v) is 3.18. The van der Waals surface area contributed by atoms with E-state index in [2.05, 4.69) is 10.2 Å². The summed E-state index contributed by atoms with van der Waals surface area (Å²) in [6, 6.07) is 0. The first kappa shape index (κ1) is 5.77. The molecular formula is C8H11N3. The van der Waals surface area contributed by atoms with E-state index in [1.165, 1.54) is 24.8 Å². The van der Waals surface area contributed by atoms with Gasteiger partial charge >= 0.3 is 0 Å². The van der Waals surface area contributed by atoms with E-state index in [-0.39, 0.29) is 5.54 Å². The van der Waals surface area contributed by atoms with Gasteiger partial charge in [0.2, 0.25) is 0 Å². The highest BCUT2D eigenvalue weighted by molar-refractivity contribution is 5.38. The van der Waals surface area contributed by atoms with Crippen LogP contribution in [-0.2, 0) is 5.41 Å². The van der Waals surface area contributed by atoms with E-state index in [0.29, 0.717) is 5.41 Å². The van der Waals surface area contributed by atoms with E-state index in [1.54, 1.807) is 0 Å². The van der Waals surface area contributed by atoms with Crippen LogP contribution in [0.2, 0.25) is 0 Å². The molecular weight excluding hydrogens is 138 g/mol. The second-order valence-corrected chi connectivity index (χ2v) is 4.16. The topological polar surface area (TPSA) is 54.7 Å². The summed E-state index contributed by atoms with van der Waals surface area (Å²) in [6.07, 6.45) is 7.43. The lowest BCUT2D eigenvalue weighted by Gasteiger charge is -2.69. The average Bonchev–Trinajstić information content (AvgIpc) is 2.28. The van der Waals surface area contributed by atoms with Gasteiger partial charge in [0.05, 0.1) is 6.20 Å². The van der Waals surface area contributed by atoms with Crippen molar-refractivity contribution < 1.29 is 0 Å². The maximum Gasteiger partial charge on any atom is 0.0524 e. The number of aromatic nitrogens is 2. The molecule has 0 saturated heterocycles. The van der Waals surface area contributed by atoms with Gasteiger partial charge in [0, 0.05) is 17.2 Å². The summed E-state index contributed by atoms with van der Waals surface area (Å²) < 4.78 is 0. The van der Waals surface area contributed by atoms with Crippen LogP contribution in [0.4, 0.5) is 0 Å². The Kier molecular flexibility index (Phi) is 0.717. The van der Waals surface area contributed by atoms with E-state index in [4.69, 9.17) is 5.73 Å². The Morgan fingerprint density at radius 2 is 2.18 bits per heavy atom. The summed E-state index contributed by atoms with van der Waals surface area (Å²) in [6.45, 7) is 0. The summed E-state index contributed by atoms with van der Waals surface area (Å²) in [5.74, 6) is 0. The van der Waals surface area contributed by atoms with Crippen LogP contribution in [0, 0.1) is 0 Å². The summed E-state index contributed by atoms with van der Waals surface area (Å²) in [5.41, 5.74) is 7.94. The van der Waals surface area contributed by atoms with Crippen LogP contribution in [0.25, 0.3) is 0 Å². The van der Waals surface area contributed by atoms with Gasteiger partial charge in [-0.25, -0.2) is 0 Å². The quantitative estimate of drug-likeness (QED) is 0.612. The molecule has 0 aromatic carbocycles. The van der Waals surface area contributed by atoms with Gasteiger partial charge < -0.3 is 5.73 Å². The number of rotatable bonds is 1. The van der Waals surface area contributed by atoms with Crippen LogP contribution in [0.3, 0.4) is 0 Å². The molecule has 3 N–H and O–H groups in total. The second-order valence-electron chi connectivity index (χ2n) is 4.16. The molecule has 0 radical (unpaired) electrons. The third-order valence-electron chi connectivity index (χ3n) is 3.18. The van der Waals surface area contributed by atoms with Gasteiger partial charge in [0.25, 0.3) is 0 Å². The van der Waals surface area contributed by atoms with Crippen LogP contribution in [0.15, 0.2) is 12.4 Å². The van der Waals surface area contributed by atoms with Crippen molar-refractivity contribution in [2.24, 2.45) is 5.73 Å². The van der Waals surface area contributed by atoms with Gasteiger partial charge in [-0.3, -0.25) is 5.10 Å². The largest absolute Gasteiger partial charge is 0.325 e. The van der Waals surface area contributed by atoms with E-state index >= 15 is 0 Å². The van der Waals surface area contributed by atoms with Crippen molar-refractivity contribution in [2.75, 3.05) is 0 Å². The monoisotopic (exact) mass is 149 g/mol. The van der Waals surface area contributed by atoms with E-state index in [9.17, 15) is 0 Å². The molecule has 3 aliphatic carbocycles. The predicted octanol–water partition coefficient (Wildman–Crippen LogP) is 0.542. The van der Waals surface area contributed by atoms with Gasteiger partial charge in [-0.2, -0.15) is 5.10 Å². The zero-order valence-electron chi connectivity index (χ0n) is 6.30. The molecule has 3 aliphatic rings. The smallest absolute Gasteiger partial charge is 0.0524 e. The van der Waals surface area contributed by atoms with Crippen molar-refractivity contribution in [2.45, 2.75) is 30.2 Å². The van der Waals surface area contributed by atoms with E-state index in [0.717, 1.165) is 0 Å². The number of H-pyrrole nitrogens is 1. The van der Waals surface area contributed by atoms with Crippen molar-refractivity contribution >= 4 is 0 Å². The highest BCUT2D eigenvalue weighted by Crippen LogP contribution is 2.66. The molecule has 3 fully saturated rings. The minimum atomic E-state index is 0.206. The number of nitrogens with two attached hydrogens (primary N) is 1. The SMILES string of the molecule is NC12CC(c3cn[nH]c3)(C1)C2. The number of aromatic amines is 1. The molecule has 4 rings (SSSR count). The summed E-state index contributed by atoms with van der Waals surface area (Å²) >= 11 is 0. The molecule has 0 aliphatic heterocycles. The lowest BCUT2D eigenvalue weighted by Crippen LogP contribution is -2.74. The van der Waals surface area contributed by atoms with Gasteiger partial charge in [0.1, 0.15) is 0 Å². The summed E-state index contributed by atoms with van der Waals surface area (Å²) in [7, 11) is 0. The van der Waals surface area contributed by atoms with Crippen molar-refractivity contribution in [3.8, 4) is 0 Å². The molecule has 0 atom stereocenters. The molecule has 1 heterocycles. The molecule has 1 aromatic heterocycles. The number of nitrogens with zero attached hydrogens (tertiary/aromatic N) is 1. The molecule has 3 saturated carbocycles. The number of hydrogen-bond donors (Lipinski definition) is 2. The molecule has 0 unspecified atom stereocenters. The Bertz CT molecular complexity index is 269. The van der Waals surface area contributed by atoms with Crippen molar-refractivity contribution in [1.29, 1.82) is 0 Å². The number of nitrogens with one attached hydrogen (secondary N) is 1. The minimum Gasteiger partial charge on any atom is -0.325 e. The molecule has 1 aromatic rings. The normalized spacial score (nSPS) is 46.3. The molecule has 2 bridgehead atoms. The lowest BCUT2D eigenvalue weighted by atomic mass is 9.38. The Morgan fingerprint density at radius 3 is 2.64 bits per heavy atom. The predicted molar refractivity (Wildman–Crippen MR) is 41.0 cm³/mol. The fourth-order valence-electron chi connectivity index (χ4n) is 2.71. The first-order valence-electron chi connectivity index (χ1n) is 4.01. The zero-order chi connectivity index (χ0) is 7.53. The van der Waals surface area contributed by atoms with E-state index < -0.39 is 0 Å². The molecule has 0 amide bonds. The van der Waals surface area contributed by atoms with Crippen LogP contribution in [0.1, 0.15) is 24.8 Å². The van der Waals surface area contributed by atoms with Crippen LogP contribution in [0.5, 0.6) is 0 Å².